The molecule has 97 heavy (non-hydrogen) atoms. The highest BCUT2D eigenvalue weighted by Gasteiger charge is 2.59. The second-order valence-corrected chi connectivity index (χ2v) is 29.9. The van der Waals surface area contributed by atoms with Gasteiger partial charge in [-0.3, -0.25) is 48.4 Å². The number of amidine groups is 2. The van der Waals surface area contributed by atoms with Crippen molar-refractivity contribution in [1.82, 2.24) is 29.9 Å². The average molecular weight is 1370 g/mol. The van der Waals surface area contributed by atoms with Crippen LogP contribution in [0.5, 0.6) is 0 Å². The number of rotatable bonds is 26. The lowest BCUT2D eigenvalue weighted by atomic mass is 9.88. The Kier molecular flexibility index (Phi) is 19.1. The van der Waals surface area contributed by atoms with E-state index in [-0.39, 0.29) is 111 Å². The van der Waals surface area contributed by atoms with E-state index in [4.69, 9.17) is 28.5 Å². The van der Waals surface area contributed by atoms with Crippen LogP contribution in [0.1, 0.15) is 161 Å². The number of hydrogen-bond acceptors (Lipinski definition) is 16. The third kappa shape index (κ3) is 13.4. The minimum Gasteiger partial charge on any atom is -0.377 e. The second kappa shape index (κ2) is 26.9. The van der Waals surface area contributed by atoms with Crippen LogP contribution in [0.25, 0.3) is 22.3 Å². The summed E-state index contributed by atoms with van der Waals surface area (Å²) in [4.78, 5) is 74.2. The van der Waals surface area contributed by atoms with Crippen LogP contribution in [0.4, 0.5) is 20.4 Å². The van der Waals surface area contributed by atoms with Crippen LogP contribution in [0.15, 0.2) is 108 Å². The number of halogens is 2. The lowest BCUT2D eigenvalue weighted by Crippen LogP contribution is -2.56. The van der Waals surface area contributed by atoms with Gasteiger partial charge in [0, 0.05) is 60.9 Å². The summed E-state index contributed by atoms with van der Waals surface area (Å²) in [5, 5.41) is 8.01. The highest BCUT2D eigenvalue weighted by molar-refractivity contribution is 7.93. The summed E-state index contributed by atoms with van der Waals surface area (Å²) in [6.07, 6.45) is 4.39. The molecule has 4 fully saturated rings. The van der Waals surface area contributed by atoms with Crippen LogP contribution in [-0.4, -0.2) is 144 Å². The molecule has 4 aromatic carbocycles. The average Bonchev–Trinajstić information content (AvgIpc) is 1.60. The first-order chi connectivity index (χ1) is 46.3. The Morgan fingerprint density at radius 2 is 1.09 bits per heavy atom. The Labute approximate surface area is 564 Å². The first-order valence-electron chi connectivity index (χ1n) is 33.6. The van der Waals surface area contributed by atoms with Crippen LogP contribution in [0.2, 0.25) is 0 Å². The quantitative estimate of drug-likeness (QED) is 0.0511. The molecule has 4 aliphatic heterocycles. The van der Waals surface area contributed by atoms with Gasteiger partial charge in [0.2, 0.25) is 0 Å². The smallest absolute Gasteiger partial charge is 0.263 e. The number of piperidine rings is 2. The molecule has 6 aromatic rings. The number of carbonyl (C=O) groups excluding carboxylic acids is 4. The highest BCUT2D eigenvalue weighted by atomic mass is 32.2. The fourth-order valence-corrected chi connectivity index (χ4v) is 16.4. The molecule has 26 heteroatoms. The van der Waals surface area contributed by atoms with Gasteiger partial charge < -0.3 is 28.3 Å². The maximum atomic E-state index is 15.7. The lowest BCUT2D eigenvalue weighted by Gasteiger charge is -2.38. The number of anilines is 2. The topological polar surface area (TPSA) is 269 Å². The Morgan fingerprint density at radius 1 is 0.608 bits per heavy atom. The fourth-order valence-electron chi connectivity index (χ4n) is 13.8. The number of aliphatic imine (C=N–C) groups is 2. The zero-order valence-corrected chi connectivity index (χ0v) is 57.8. The van der Waals surface area contributed by atoms with E-state index in [1.807, 2.05) is 45.0 Å². The number of amides is 4. The molecule has 2 saturated carbocycles. The van der Waals surface area contributed by atoms with Gasteiger partial charge >= 0.3 is 0 Å². The third-order valence-electron chi connectivity index (χ3n) is 19.9. The van der Waals surface area contributed by atoms with Gasteiger partial charge in [0.25, 0.3) is 43.7 Å². The lowest BCUT2D eigenvalue weighted by molar-refractivity contribution is -0.144. The summed E-state index contributed by atoms with van der Waals surface area (Å²) in [7, 11) is -8.85. The van der Waals surface area contributed by atoms with E-state index in [0.717, 1.165) is 12.8 Å². The van der Waals surface area contributed by atoms with Crippen LogP contribution >= 0.6 is 0 Å². The number of benzene rings is 4. The predicted molar refractivity (Wildman–Crippen MR) is 360 cm³/mol. The standard InChI is InChI=1S/C71H84F2N10O12S2/c1-9-13-20-60-74-70(27-16-33-80(42-70)64(84)68(72)29-30-68)66(86)82(60)38-48-21-25-55(52(35-48)41-93-12-4)57-26-23-50(37-59(57)97(90,91)79-62-45(6)47(8)95-77-62)53(10-2)63-75-71(28-17-34-81(43-71)65(85)69(73)31-32-69)67(87)83(63)39-49-22-24-54(51(36-49)40-92-11-3)56-18-14-15-19-58(56)96(88,89)78-61-44(5)46(7)94-76-61/h14-15,18-19,21-26,35-37,53H,9-13,16-17,20,27-34,38-43H2,1-8H3,(H,76,78)(H,77,79)/t53?,70-,71-/m0/s1. The van der Waals surface area contributed by atoms with E-state index in [2.05, 4.69) is 26.7 Å². The summed E-state index contributed by atoms with van der Waals surface area (Å²) in [5.41, 5.74) is -0.962. The van der Waals surface area contributed by atoms with Gasteiger partial charge in [-0.05, 0) is 157 Å². The number of hydrogen-bond donors (Lipinski definition) is 2. The maximum Gasteiger partial charge on any atom is 0.263 e. The Morgan fingerprint density at radius 3 is 1.59 bits per heavy atom. The molecule has 2 N–H and O–H groups in total. The normalized spacial score (nSPS) is 20.8. The Bertz CT molecular complexity index is 4390. The molecule has 12 rings (SSSR count). The number of carbonyl (C=O) groups is 4. The summed E-state index contributed by atoms with van der Waals surface area (Å²) in [6.45, 7) is 15.6. The van der Waals surface area contributed by atoms with Gasteiger partial charge in [-0.25, -0.2) is 25.6 Å². The van der Waals surface area contributed by atoms with Crippen molar-refractivity contribution in [3.8, 4) is 22.3 Å². The predicted octanol–water partition coefficient (Wildman–Crippen LogP) is 11.5. The largest absolute Gasteiger partial charge is 0.377 e. The number of likely N-dealkylation sites (tertiary alicyclic amines) is 2. The molecule has 2 spiro atoms. The van der Waals surface area contributed by atoms with Gasteiger partial charge in [-0.1, -0.05) is 97.3 Å². The van der Waals surface area contributed by atoms with E-state index < -0.39 is 66.1 Å². The second-order valence-electron chi connectivity index (χ2n) is 26.6. The van der Waals surface area contributed by atoms with E-state index in [1.165, 1.54) is 15.9 Å². The third-order valence-corrected chi connectivity index (χ3v) is 22.6. The number of aryl methyl sites for hydroxylation is 2. The highest BCUT2D eigenvalue weighted by Crippen LogP contribution is 2.47. The molecule has 0 radical (unpaired) electrons. The summed E-state index contributed by atoms with van der Waals surface area (Å²) >= 11 is 0. The Hall–Kier alpha value is -8.20. The Balaban J connectivity index is 0.930. The van der Waals surface area contributed by atoms with Gasteiger partial charge in [0.1, 0.15) is 23.2 Å². The number of alkyl halides is 2. The molecule has 4 amide bonds. The number of ether oxygens (including phenoxy) is 2. The SMILES string of the molecule is CCCCC1=N[C@]2(CCCN(C(=O)C3(F)CC3)C2)C(=O)N1Cc1ccc(-c2ccc(C(CC)C3=N[C@]4(CCCN(C(=O)C5(F)CC5)C4)C(=O)N3Cc3ccc(-c4ccccc4S(=O)(=O)Nc4noc(C)c4C)c(COCC)c3)cc2S(=O)(=O)Nc2noc(C)c2C)c(COCC)c1. The molecule has 2 saturated heterocycles. The maximum absolute atomic E-state index is 15.7. The fraction of sp³-hybridized carbons (Fsp3) is 0.493. The van der Waals surface area contributed by atoms with Crippen molar-refractivity contribution in [2.45, 2.75) is 197 Å². The minimum absolute atomic E-state index is 0.00367. The monoisotopic (exact) mass is 1370 g/mol. The van der Waals surface area contributed by atoms with Crippen molar-refractivity contribution in [3.05, 3.63) is 129 Å². The van der Waals surface area contributed by atoms with E-state index in [0.29, 0.717) is 131 Å². The number of aromatic nitrogens is 2. The minimum atomic E-state index is -4.60. The molecule has 3 atom stereocenters. The molecule has 1 unspecified atom stereocenters. The number of nitrogens with one attached hydrogen (secondary N) is 2. The number of unbranched alkanes of at least 4 members (excludes halogenated alkanes) is 1. The molecule has 6 heterocycles. The summed E-state index contributed by atoms with van der Waals surface area (Å²) < 4.78 is 118. The number of nitrogens with zero attached hydrogens (tertiary/aromatic N) is 8. The summed E-state index contributed by atoms with van der Waals surface area (Å²) in [6, 6.07) is 22.6. The van der Waals surface area contributed by atoms with Crippen molar-refractivity contribution in [2.75, 3.05) is 48.8 Å². The van der Waals surface area contributed by atoms with Crippen LogP contribution in [0, 0.1) is 27.7 Å². The molecule has 0 bridgehead atoms. The molecular formula is C71H84F2N10O12S2. The first-order valence-corrected chi connectivity index (χ1v) is 36.6. The number of sulfonamides is 2. The van der Waals surface area contributed by atoms with Crippen molar-refractivity contribution in [1.29, 1.82) is 0 Å². The van der Waals surface area contributed by atoms with E-state index in [1.54, 1.807) is 86.0 Å². The molecule has 22 nitrogen and oxygen atoms in total. The van der Waals surface area contributed by atoms with Crippen LogP contribution < -0.4 is 9.44 Å². The molecule has 2 aromatic heterocycles. The van der Waals surface area contributed by atoms with Crippen molar-refractivity contribution in [3.63, 3.8) is 0 Å². The van der Waals surface area contributed by atoms with Crippen molar-refractivity contribution >= 4 is 67.0 Å². The van der Waals surface area contributed by atoms with Gasteiger partial charge in [-0.2, -0.15) is 0 Å². The zero-order chi connectivity index (χ0) is 69.0. The summed E-state index contributed by atoms with van der Waals surface area (Å²) in [5.74, 6) is -0.924. The van der Waals surface area contributed by atoms with Crippen LogP contribution in [0.3, 0.4) is 0 Å². The molecule has 516 valence electrons. The van der Waals surface area contributed by atoms with E-state index >= 15 is 22.0 Å². The van der Waals surface area contributed by atoms with Crippen molar-refractivity contribution in [2.24, 2.45) is 9.98 Å². The van der Waals surface area contributed by atoms with Gasteiger partial charge in [-0.15, -0.1) is 0 Å². The molecule has 6 aliphatic rings. The van der Waals surface area contributed by atoms with Crippen molar-refractivity contribution < 1.29 is 63.3 Å². The first kappa shape index (κ1) is 68.7. The zero-order valence-electron chi connectivity index (χ0n) is 56.2. The van der Waals surface area contributed by atoms with E-state index in [9.17, 15) is 22.8 Å². The molecule has 2 aliphatic carbocycles. The van der Waals surface area contributed by atoms with Crippen LogP contribution in [-0.2, 0) is 75.0 Å². The van der Waals surface area contributed by atoms with Gasteiger partial charge in [0.15, 0.2) is 34.1 Å². The van der Waals surface area contributed by atoms with Gasteiger partial charge in [0.05, 0.1) is 49.2 Å². The molecular weight excluding hydrogens is 1290 g/mol.